The Morgan fingerprint density at radius 1 is 1.44 bits per heavy atom. The number of hydrogen-bond acceptors (Lipinski definition) is 3. The molecular formula is C14H29N3O. The maximum atomic E-state index is 11.9. The predicted octanol–water partition coefficient (Wildman–Crippen LogP) is 1.21. The van der Waals surface area contributed by atoms with Crippen LogP contribution in [0.1, 0.15) is 39.5 Å². The maximum absolute atomic E-state index is 11.9. The molecule has 1 rings (SSSR count). The highest BCUT2D eigenvalue weighted by Crippen LogP contribution is 2.29. The molecule has 0 aromatic heterocycles. The van der Waals surface area contributed by atoms with E-state index in [0.717, 1.165) is 32.5 Å². The second-order valence-electron chi connectivity index (χ2n) is 6.16. The molecule has 0 aliphatic carbocycles. The van der Waals surface area contributed by atoms with E-state index < -0.39 is 0 Å². The Bertz CT molecular complexity index is 260. The molecule has 1 heterocycles. The summed E-state index contributed by atoms with van der Waals surface area (Å²) in [6.07, 6.45) is 4.15. The summed E-state index contributed by atoms with van der Waals surface area (Å²) in [5.41, 5.74) is 5.74. The van der Waals surface area contributed by atoms with Gasteiger partial charge in [-0.1, -0.05) is 13.8 Å². The van der Waals surface area contributed by atoms with E-state index in [2.05, 4.69) is 24.2 Å². The van der Waals surface area contributed by atoms with Gasteiger partial charge < -0.3 is 16.0 Å². The minimum atomic E-state index is 0.0865. The highest BCUT2D eigenvalue weighted by atomic mass is 16.1. The molecule has 1 aliphatic heterocycles. The first kappa shape index (κ1) is 15.4. The topological polar surface area (TPSA) is 58.4 Å². The van der Waals surface area contributed by atoms with E-state index >= 15 is 0 Å². The molecule has 106 valence electrons. The van der Waals surface area contributed by atoms with Crippen LogP contribution in [0.3, 0.4) is 0 Å². The van der Waals surface area contributed by atoms with Crippen LogP contribution in [0.2, 0.25) is 0 Å². The Balaban J connectivity index is 2.29. The van der Waals surface area contributed by atoms with Crippen molar-refractivity contribution in [2.24, 2.45) is 17.1 Å². The Morgan fingerprint density at radius 2 is 2.06 bits per heavy atom. The second-order valence-corrected chi connectivity index (χ2v) is 6.16. The molecule has 18 heavy (non-hydrogen) atoms. The van der Waals surface area contributed by atoms with Crippen molar-refractivity contribution >= 4 is 5.91 Å². The van der Waals surface area contributed by atoms with E-state index in [1.807, 2.05) is 6.92 Å². The molecule has 4 nitrogen and oxygen atoms in total. The van der Waals surface area contributed by atoms with Gasteiger partial charge in [0.05, 0.1) is 0 Å². The fourth-order valence-corrected chi connectivity index (χ4v) is 2.37. The molecular weight excluding hydrogens is 226 g/mol. The lowest BCUT2D eigenvalue weighted by Crippen LogP contribution is -2.44. The van der Waals surface area contributed by atoms with Gasteiger partial charge >= 0.3 is 0 Å². The average molecular weight is 255 g/mol. The van der Waals surface area contributed by atoms with Gasteiger partial charge in [0.1, 0.15) is 0 Å². The van der Waals surface area contributed by atoms with Crippen molar-refractivity contribution in [1.82, 2.24) is 10.2 Å². The third-order valence-corrected chi connectivity index (χ3v) is 4.17. The summed E-state index contributed by atoms with van der Waals surface area (Å²) >= 11 is 0. The van der Waals surface area contributed by atoms with Gasteiger partial charge in [0.15, 0.2) is 0 Å². The minimum absolute atomic E-state index is 0.0865. The predicted molar refractivity (Wildman–Crippen MR) is 75.3 cm³/mol. The molecule has 1 saturated heterocycles. The molecule has 4 heteroatoms. The first-order chi connectivity index (χ1) is 8.47. The zero-order valence-corrected chi connectivity index (χ0v) is 12.2. The van der Waals surface area contributed by atoms with Crippen molar-refractivity contribution in [2.45, 2.75) is 39.5 Å². The number of carbonyl (C=O) groups is 1. The second kappa shape index (κ2) is 7.10. The van der Waals surface area contributed by atoms with E-state index in [1.165, 1.54) is 12.8 Å². The number of amides is 1. The van der Waals surface area contributed by atoms with Gasteiger partial charge in [-0.2, -0.15) is 0 Å². The van der Waals surface area contributed by atoms with Crippen LogP contribution in [-0.2, 0) is 4.79 Å². The van der Waals surface area contributed by atoms with E-state index in [9.17, 15) is 4.79 Å². The smallest absolute Gasteiger partial charge is 0.222 e. The number of hydrogen-bond donors (Lipinski definition) is 2. The van der Waals surface area contributed by atoms with Crippen molar-refractivity contribution in [2.75, 3.05) is 33.2 Å². The number of nitrogens with two attached hydrogens (primary N) is 1. The fourth-order valence-electron chi connectivity index (χ4n) is 2.37. The first-order valence-electron chi connectivity index (χ1n) is 7.13. The number of likely N-dealkylation sites (tertiary alicyclic amines) is 1. The third-order valence-electron chi connectivity index (χ3n) is 4.17. The van der Waals surface area contributed by atoms with Crippen LogP contribution in [0.4, 0.5) is 0 Å². The lowest BCUT2D eigenvalue weighted by molar-refractivity contribution is -0.125. The third kappa shape index (κ3) is 4.94. The van der Waals surface area contributed by atoms with Gasteiger partial charge in [-0.15, -0.1) is 0 Å². The molecule has 1 aliphatic rings. The standard InChI is InChI=1S/C14H29N3O/c1-12(5-4-8-15)13(18)16-11-14(2)6-9-17(3)10-7-14/h12H,4-11,15H2,1-3H3,(H,16,18). The van der Waals surface area contributed by atoms with E-state index in [0.29, 0.717) is 6.54 Å². The monoisotopic (exact) mass is 255 g/mol. The molecule has 1 fully saturated rings. The normalized spacial score (nSPS) is 21.6. The van der Waals surface area contributed by atoms with E-state index in [1.54, 1.807) is 0 Å². The fraction of sp³-hybridized carbons (Fsp3) is 0.929. The lowest BCUT2D eigenvalue weighted by Gasteiger charge is -2.38. The quantitative estimate of drug-likeness (QED) is 0.750. The van der Waals surface area contributed by atoms with Crippen molar-refractivity contribution in [3.63, 3.8) is 0 Å². The highest BCUT2D eigenvalue weighted by molar-refractivity contribution is 5.78. The SMILES string of the molecule is CC(CCCN)C(=O)NCC1(C)CCN(C)CC1. The van der Waals surface area contributed by atoms with Gasteiger partial charge in [0.25, 0.3) is 0 Å². The maximum Gasteiger partial charge on any atom is 0.222 e. The molecule has 1 amide bonds. The minimum Gasteiger partial charge on any atom is -0.355 e. The first-order valence-corrected chi connectivity index (χ1v) is 7.13. The van der Waals surface area contributed by atoms with Crippen LogP contribution in [0.5, 0.6) is 0 Å². The van der Waals surface area contributed by atoms with Crippen LogP contribution < -0.4 is 11.1 Å². The number of rotatable bonds is 6. The molecule has 0 aromatic carbocycles. The van der Waals surface area contributed by atoms with Crippen molar-refractivity contribution < 1.29 is 4.79 Å². The van der Waals surface area contributed by atoms with Crippen LogP contribution in [0.15, 0.2) is 0 Å². The van der Waals surface area contributed by atoms with Gasteiger partial charge in [-0.05, 0) is 57.8 Å². The summed E-state index contributed by atoms with van der Waals surface area (Å²) in [4.78, 5) is 14.3. The van der Waals surface area contributed by atoms with E-state index in [-0.39, 0.29) is 17.2 Å². The van der Waals surface area contributed by atoms with Gasteiger partial charge in [0, 0.05) is 12.5 Å². The number of nitrogens with zero attached hydrogens (tertiary/aromatic N) is 1. The Hall–Kier alpha value is -0.610. The van der Waals surface area contributed by atoms with Crippen LogP contribution >= 0.6 is 0 Å². The van der Waals surface area contributed by atoms with Crippen LogP contribution in [0, 0.1) is 11.3 Å². The average Bonchev–Trinajstić information content (AvgIpc) is 2.37. The largest absolute Gasteiger partial charge is 0.355 e. The summed E-state index contributed by atoms with van der Waals surface area (Å²) in [6.45, 7) is 8.02. The molecule has 0 spiro atoms. The summed E-state index contributed by atoms with van der Waals surface area (Å²) in [6, 6.07) is 0. The van der Waals surface area contributed by atoms with Crippen molar-refractivity contribution in [3.05, 3.63) is 0 Å². The van der Waals surface area contributed by atoms with Gasteiger partial charge in [-0.25, -0.2) is 0 Å². The zero-order chi connectivity index (χ0) is 13.6. The number of nitrogens with one attached hydrogen (secondary N) is 1. The summed E-state index contributed by atoms with van der Waals surface area (Å²) in [7, 11) is 2.16. The van der Waals surface area contributed by atoms with Gasteiger partial charge in [-0.3, -0.25) is 4.79 Å². The Kier molecular flexibility index (Phi) is 6.09. The lowest BCUT2D eigenvalue weighted by atomic mass is 9.80. The van der Waals surface area contributed by atoms with Gasteiger partial charge in [0.2, 0.25) is 5.91 Å². The number of piperidine rings is 1. The van der Waals surface area contributed by atoms with Crippen molar-refractivity contribution in [3.8, 4) is 0 Å². The summed E-state index contributed by atoms with van der Waals surface area (Å²) in [5.74, 6) is 0.270. The zero-order valence-electron chi connectivity index (χ0n) is 12.2. The number of carbonyl (C=O) groups excluding carboxylic acids is 1. The molecule has 0 radical (unpaired) electrons. The van der Waals surface area contributed by atoms with Crippen LogP contribution in [0.25, 0.3) is 0 Å². The molecule has 1 unspecified atom stereocenters. The molecule has 1 atom stereocenters. The molecule has 0 aromatic rings. The van der Waals surface area contributed by atoms with E-state index in [4.69, 9.17) is 5.73 Å². The summed E-state index contributed by atoms with van der Waals surface area (Å²) < 4.78 is 0. The molecule has 0 bridgehead atoms. The molecule has 0 saturated carbocycles. The van der Waals surface area contributed by atoms with Crippen LogP contribution in [-0.4, -0.2) is 44.0 Å². The Morgan fingerprint density at radius 3 is 2.61 bits per heavy atom. The molecule has 3 N–H and O–H groups in total. The highest BCUT2D eigenvalue weighted by Gasteiger charge is 2.29. The van der Waals surface area contributed by atoms with Crippen molar-refractivity contribution in [1.29, 1.82) is 0 Å². The Labute approximate surface area is 111 Å². The summed E-state index contributed by atoms with van der Waals surface area (Å²) in [5, 5.41) is 3.12.